The molecule has 2 aromatic rings. The van der Waals surface area contributed by atoms with Crippen LogP contribution in [0.4, 0.5) is 0 Å². The van der Waals surface area contributed by atoms with Gasteiger partial charge in [0.1, 0.15) is 0 Å². The number of hydrazone groups is 1. The minimum atomic E-state index is -0.188. The molecule has 0 fully saturated rings. The first kappa shape index (κ1) is 17.9. The SMILES string of the molecule is C/C(C=NNC(=O)CSc1nc(C)cc(C)n1)=C/c1ccccc1. The largest absolute Gasteiger partial charge is 0.272 e. The van der Waals surface area contributed by atoms with Gasteiger partial charge in [-0.15, -0.1) is 0 Å². The van der Waals surface area contributed by atoms with Crippen LogP contribution in [0.15, 0.2) is 52.2 Å². The van der Waals surface area contributed by atoms with Gasteiger partial charge in [0.2, 0.25) is 0 Å². The molecule has 0 saturated carbocycles. The Bertz CT molecular complexity index is 737. The molecule has 0 aliphatic carbocycles. The first-order valence-electron chi connectivity index (χ1n) is 7.53. The summed E-state index contributed by atoms with van der Waals surface area (Å²) in [5, 5.41) is 4.57. The van der Waals surface area contributed by atoms with Crippen molar-refractivity contribution in [1.29, 1.82) is 0 Å². The highest BCUT2D eigenvalue weighted by Crippen LogP contribution is 2.13. The van der Waals surface area contributed by atoms with Crippen LogP contribution >= 0.6 is 11.8 Å². The van der Waals surface area contributed by atoms with Gasteiger partial charge in [0, 0.05) is 11.4 Å². The Morgan fingerprint density at radius 3 is 2.54 bits per heavy atom. The molecule has 1 N–H and O–H groups in total. The lowest BCUT2D eigenvalue weighted by Gasteiger charge is -2.02. The Morgan fingerprint density at radius 2 is 1.88 bits per heavy atom. The van der Waals surface area contributed by atoms with Gasteiger partial charge in [-0.05, 0) is 38.0 Å². The van der Waals surface area contributed by atoms with Crippen molar-refractivity contribution in [2.24, 2.45) is 5.10 Å². The van der Waals surface area contributed by atoms with Crippen molar-refractivity contribution in [2.75, 3.05) is 5.75 Å². The van der Waals surface area contributed by atoms with Crippen molar-refractivity contribution in [3.05, 3.63) is 58.9 Å². The Labute approximate surface area is 146 Å². The molecule has 0 bridgehead atoms. The minimum Gasteiger partial charge on any atom is -0.272 e. The number of carbonyl (C=O) groups excluding carboxylic acids is 1. The second kappa shape index (κ2) is 8.98. The van der Waals surface area contributed by atoms with Gasteiger partial charge in [-0.25, -0.2) is 15.4 Å². The van der Waals surface area contributed by atoms with Gasteiger partial charge in [0.05, 0.1) is 12.0 Å². The van der Waals surface area contributed by atoms with Crippen molar-refractivity contribution < 1.29 is 4.79 Å². The second-order valence-electron chi connectivity index (χ2n) is 5.31. The van der Waals surface area contributed by atoms with Crippen LogP contribution in [0.25, 0.3) is 6.08 Å². The Balaban J connectivity index is 1.81. The number of aromatic nitrogens is 2. The highest BCUT2D eigenvalue weighted by molar-refractivity contribution is 7.99. The van der Waals surface area contributed by atoms with E-state index in [1.807, 2.05) is 63.2 Å². The number of rotatable bonds is 6. The lowest BCUT2D eigenvalue weighted by molar-refractivity contribution is -0.118. The van der Waals surface area contributed by atoms with Crippen molar-refractivity contribution in [3.63, 3.8) is 0 Å². The minimum absolute atomic E-state index is 0.188. The molecule has 0 aliphatic rings. The zero-order valence-corrected chi connectivity index (χ0v) is 14.8. The quantitative estimate of drug-likeness (QED) is 0.379. The number of nitrogens with one attached hydrogen (secondary N) is 1. The topological polar surface area (TPSA) is 67.2 Å². The van der Waals surface area contributed by atoms with E-state index >= 15 is 0 Å². The van der Waals surface area contributed by atoms with E-state index in [1.165, 1.54) is 11.8 Å². The number of carbonyl (C=O) groups is 1. The molecule has 0 atom stereocenters. The molecule has 2 rings (SSSR count). The average Bonchev–Trinajstić information content (AvgIpc) is 2.53. The third-order valence-electron chi connectivity index (χ3n) is 2.95. The molecule has 1 heterocycles. The number of hydrogen-bond donors (Lipinski definition) is 1. The molecule has 0 unspecified atom stereocenters. The zero-order chi connectivity index (χ0) is 17.4. The van der Waals surface area contributed by atoms with E-state index in [0.29, 0.717) is 5.16 Å². The first-order valence-corrected chi connectivity index (χ1v) is 8.52. The van der Waals surface area contributed by atoms with Gasteiger partial charge in [-0.2, -0.15) is 5.10 Å². The van der Waals surface area contributed by atoms with E-state index in [4.69, 9.17) is 0 Å². The fraction of sp³-hybridized carbons (Fsp3) is 0.222. The molecule has 24 heavy (non-hydrogen) atoms. The summed E-state index contributed by atoms with van der Waals surface area (Å²) in [5.74, 6) is 0.0355. The van der Waals surface area contributed by atoms with Crippen molar-refractivity contribution in [3.8, 4) is 0 Å². The molecule has 0 radical (unpaired) electrons. The molecule has 6 heteroatoms. The molecule has 0 spiro atoms. The van der Waals surface area contributed by atoms with Crippen LogP contribution in [0.5, 0.6) is 0 Å². The summed E-state index contributed by atoms with van der Waals surface area (Å²) < 4.78 is 0. The maximum atomic E-state index is 11.8. The molecular weight excluding hydrogens is 320 g/mol. The third-order valence-corrected chi connectivity index (χ3v) is 3.79. The predicted octanol–water partition coefficient (Wildman–Crippen LogP) is 3.39. The van der Waals surface area contributed by atoms with Crippen LogP contribution < -0.4 is 5.43 Å². The van der Waals surface area contributed by atoms with E-state index in [1.54, 1.807) is 6.21 Å². The van der Waals surface area contributed by atoms with Gasteiger partial charge in [-0.3, -0.25) is 4.79 Å². The maximum absolute atomic E-state index is 11.8. The number of amides is 1. The number of hydrogen-bond acceptors (Lipinski definition) is 5. The van der Waals surface area contributed by atoms with Crippen molar-refractivity contribution in [1.82, 2.24) is 15.4 Å². The van der Waals surface area contributed by atoms with Crippen molar-refractivity contribution in [2.45, 2.75) is 25.9 Å². The summed E-state index contributed by atoms with van der Waals surface area (Å²) in [6, 6.07) is 11.8. The maximum Gasteiger partial charge on any atom is 0.250 e. The summed E-state index contributed by atoms with van der Waals surface area (Å²) in [6.45, 7) is 5.75. The first-order chi connectivity index (χ1) is 11.5. The lowest BCUT2D eigenvalue weighted by atomic mass is 10.1. The van der Waals surface area contributed by atoms with Crippen LogP contribution in [0, 0.1) is 13.8 Å². The standard InChI is InChI=1S/C18H20N4OS/c1-13(9-16-7-5-4-6-8-16)11-19-22-17(23)12-24-18-20-14(2)10-15(3)21-18/h4-11H,12H2,1-3H3,(H,22,23)/b13-9-,19-11?. The molecule has 5 nitrogen and oxygen atoms in total. The average molecular weight is 340 g/mol. The molecule has 0 saturated heterocycles. The van der Waals surface area contributed by atoms with E-state index in [9.17, 15) is 4.79 Å². The molecular formula is C18H20N4OS. The Kier molecular flexibility index (Phi) is 6.69. The third kappa shape index (κ3) is 6.34. The van der Waals surface area contributed by atoms with E-state index in [2.05, 4.69) is 20.5 Å². The number of thioether (sulfide) groups is 1. The molecule has 1 aromatic carbocycles. The van der Waals surface area contributed by atoms with Crippen molar-refractivity contribution >= 4 is 30.0 Å². The predicted molar refractivity (Wildman–Crippen MR) is 99.0 cm³/mol. The number of allylic oxidation sites excluding steroid dienone is 1. The van der Waals surface area contributed by atoms with Gasteiger partial charge in [-0.1, -0.05) is 48.2 Å². The lowest BCUT2D eigenvalue weighted by Crippen LogP contribution is -2.19. The van der Waals surface area contributed by atoms with E-state index in [0.717, 1.165) is 22.5 Å². The summed E-state index contributed by atoms with van der Waals surface area (Å²) in [5.41, 5.74) is 6.34. The van der Waals surface area contributed by atoms with Crippen LogP contribution in [0.1, 0.15) is 23.9 Å². The van der Waals surface area contributed by atoms with E-state index in [-0.39, 0.29) is 11.7 Å². The molecule has 1 aromatic heterocycles. The van der Waals surface area contributed by atoms with Crippen LogP contribution in [-0.4, -0.2) is 27.8 Å². The second-order valence-corrected chi connectivity index (χ2v) is 6.26. The van der Waals surface area contributed by atoms with Gasteiger partial charge in [0.15, 0.2) is 5.16 Å². The van der Waals surface area contributed by atoms with Crippen LogP contribution in [0.3, 0.4) is 0 Å². The Morgan fingerprint density at radius 1 is 1.21 bits per heavy atom. The molecule has 0 aliphatic heterocycles. The summed E-state index contributed by atoms with van der Waals surface area (Å²) in [7, 11) is 0. The summed E-state index contributed by atoms with van der Waals surface area (Å²) >= 11 is 1.30. The van der Waals surface area contributed by atoms with Gasteiger partial charge in [0.25, 0.3) is 5.91 Å². The van der Waals surface area contributed by atoms with Gasteiger partial charge < -0.3 is 0 Å². The normalized spacial score (nSPS) is 11.7. The van der Waals surface area contributed by atoms with E-state index < -0.39 is 0 Å². The molecule has 124 valence electrons. The monoisotopic (exact) mass is 340 g/mol. The Hall–Kier alpha value is -2.47. The fourth-order valence-electron chi connectivity index (χ4n) is 1.98. The summed E-state index contributed by atoms with van der Waals surface area (Å²) in [4.78, 5) is 20.4. The fourth-order valence-corrected chi connectivity index (χ4v) is 2.72. The van der Waals surface area contributed by atoms with Crippen LogP contribution in [-0.2, 0) is 4.79 Å². The highest BCUT2D eigenvalue weighted by atomic mass is 32.2. The number of nitrogens with zero attached hydrogens (tertiary/aromatic N) is 3. The zero-order valence-electron chi connectivity index (χ0n) is 14.0. The van der Waals surface area contributed by atoms with Crippen LogP contribution in [0.2, 0.25) is 0 Å². The number of aryl methyl sites for hydroxylation is 2. The summed E-state index contributed by atoms with van der Waals surface area (Å²) in [6.07, 6.45) is 3.62. The number of benzene rings is 1. The van der Waals surface area contributed by atoms with Gasteiger partial charge >= 0.3 is 0 Å². The highest BCUT2D eigenvalue weighted by Gasteiger charge is 2.05. The smallest absolute Gasteiger partial charge is 0.250 e. The molecule has 1 amide bonds.